The van der Waals surface area contributed by atoms with E-state index in [0.717, 1.165) is 10.0 Å². The number of ether oxygens (including phenoxy) is 4. The van der Waals surface area contributed by atoms with Crippen molar-refractivity contribution < 1.29 is 28.5 Å². The van der Waals surface area contributed by atoms with Crippen molar-refractivity contribution in [3.8, 4) is 23.0 Å². The minimum absolute atomic E-state index is 0.197. The number of Topliss-reactive ketones (excluding diaryl/α,β-unsaturated/α-hetero) is 1. The number of hydrogen-bond donors (Lipinski definition) is 0. The van der Waals surface area contributed by atoms with Crippen molar-refractivity contribution in [3.05, 3.63) is 87.6 Å². The van der Waals surface area contributed by atoms with Gasteiger partial charge in [0.25, 0.3) is 0 Å². The summed E-state index contributed by atoms with van der Waals surface area (Å²) in [6.45, 7) is 0. The number of halogens is 1. The minimum Gasteiger partial charge on any atom is -0.497 e. The number of esters is 1. The molecule has 0 bridgehead atoms. The summed E-state index contributed by atoms with van der Waals surface area (Å²) in [4.78, 5) is 25.3. The highest BCUT2D eigenvalue weighted by Crippen LogP contribution is 2.36. The summed E-state index contributed by atoms with van der Waals surface area (Å²) < 4.78 is 22.4. The molecule has 1 heterocycles. The van der Waals surface area contributed by atoms with Gasteiger partial charge >= 0.3 is 5.97 Å². The highest BCUT2D eigenvalue weighted by Gasteiger charge is 2.28. The topological polar surface area (TPSA) is 71.1 Å². The quantitative estimate of drug-likeness (QED) is 0.280. The monoisotopic (exact) mass is 480 g/mol. The maximum absolute atomic E-state index is 12.7. The second-order valence-electron chi connectivity index (χ2n) is 6.61. The van der Waals surface area contributed by atoms with E-state index in [1.807, 2.05) is 24.3 Å². The molecule has 3 aromatic rings. The molecule has 4 rings (SSSR count). The molecule has 0 unspecified atom stereocenters. The zero-order valence-electron chi connectivity index (χ0n) is 16.7. The molecule has 1 aliphatic heterocycles. The molecule has 0 spiro atoms. The van der Waals surface area contributed by atoms with Crippen molar-refractivity contribution in [2.75, 3.05) is 14.2 Å². The third-order valence-electron chi connectivity index (χ3n) is 4.63. The highest BCUT2D eigenvalue weighted by molar-refractivity contribution is 9.10. The van der Waals surface area contributed by atoms with Crippen LogP contribution in [-0.2, 0) is 0 Å². The van der Waals surface area contributed by atoms with E-state index in [9.17, 15) is 9.59 Å². The Morgan fingerprint density at radius 1 is 0.935 bits per heavy atom. The van der Waals surface area contributed by atoms with Crippen LogP contribution in [0.3, 0.4) is 0 Å². The SMILES string of the molecule is COc1cc(OC)cc(C(=O)Oc2ccc3c(c2)O/C(=C\c2ccccc2Br)C3=O)c1. The van der Waals surface area contributed by atoms with Crippen LogP contribution in [0.2, 0.25) is 0 Å². The maximum Gasteiger partial charge on any atom is 0.343 e. The lowest BCUT2D eigenvalue weighted by atomic mass is 10.1. The molecule has 31 heavy (non-hydrogen) atoms. The molecule has 156 valence electrons. The largest absolute Gasteiger partial charge is 0.497 e. The molecule has 0 fully saturated rings. The lowest BCUT2D eigenvalue weighted by molar-refractivity contribution is 0.0733. The first-order valence-electron chi connectivity index (χ1n) is 9.26. The Balaban J connectivity index is 1.56. The van der Waals surface area contributed by atoms with Gasteiger partial charge in [-0.1, -0.05) is 34.1 Å². The van der Waals surface area contributed by atoms with E-state index in [0.29, 0.717) is 22.8 Å². The second kappa shape index (κ2) is 8.65. The predicted octanol–water partition coefficient (Wildman–Crippen LogP) is 5.30. The Morgan fingerprint density at radius 3 is 2.32 bits per heavy atom. The number of carbonyl (C=O) groups excluding carboxylic acids is 2. The first kappa shape index (κ1) is 20.7. The molecule has 0 saturated carbocycles. The van der Waals surface area contributed by atoms with Gasteiger partial charge in [-0.2, -0.15) is 0 Å². The Hall–Kier alpha value is -3.58. The number of fused-ring (bicyclic) bond motifs is 1. The average Bonchev–Trinajstić information content (AvgIpc) is 3.09. The van der Waals surface area contributed by atoms with E-state index >= 15 is 0 Å². The molecular weight excluding hydrogens is 464 g/mol. The van der Waals surface area contributed by atoms with Gasteiger partial charge in [-0.25, -0.2) is 4.79 Å². The molecular formula is C24H17BrO6. The molecule has 3 aromatic carbocycles. The lowest BCUT2D eigenvalue weighted by Crippen LogP contribution is -2.09. The molecule has 6 nitrogen and oxygen atoms in total. The van der Waals surface area contributed by atoms with Crippen molar-refractivity contribution in [1.29, 1.82) is 0 Å². The van der Waals surface area contributed by atoms with Crippen LogP contribution in [0, 0.1) is 0 Å². The summed E-state index contributed by atoms with van der Waals surface area (Å²) >= 11 is 3.45. The normalized spacial score (nSPS) is 13.5. The Kier molecular flexibility index (Phi) is 5.77. The smallest absolute Gasteiger partial charge is 0.343 e. The number of allylic oxidation sites excluding steroid dienone is 1. The van der Waals surface area contributed by atoms with E-state index in [1.54, 1.807) is 36.4 Å². The number of rotatable bonds is 5. The first-order valence-corrected chi connectivity index (χ1v) is 10.1. The molecule has 0 atom stereocenters. The Bertz CT molecular complexity index is 1190. The predicted molar refractivity (Wildman–Crippen MR) is 118 cm³/mol. The van der Waals surface area contributed by atoms with Gasteiger partial charge in [-0.3, -0.25) is 4.79 Å². The van der Waals surface area contributed by atoms with Crippen LogP contribution >= 0.6 is 15.9 Å². The van der Waals surface area contributed by atoms with Gasteiger partial charge in [0.1, 0.15) is 23.0 Å². The fourth-order valence-corrected chi connectivity index (χ4v) is 3.45. The zero-order valence-corrected chi connectivity index (χ0v) is 18.3. The standard InChI is InChI=1S/C24H17BrO6/c1-28-17-9-15(10-18(12-17)29-2)24(27)30-16-7-8-19-21(13-16)31-22(23(19)26)11-14-5-3-4-6-20(14)25/h3-13H,1-2H3/b22-11-. The van der Waals surface area contributed by atoms with E-state index < -0.39 is 5.97 Å². The fraction of sp³-hybridized carbons (Fsp3) is 0.0833. The molecule has 0 aromatic heterocycles. The molecule has 0 saturated heterocycles. The molecule has 0 N–H and O–H groups in total. The van der Waals surface area contributed by atoms with Gasteiger partial charge in [-0.15, -0.1) is 0 Å². The van der Waals surface area contributed by atoms with Gasteiger partial charge in [0, 0.05) is 16.6 Å². The van der Waals surface area contributed by atoms with Crippen LogP contribution in [0.4, 0.5) is 0 Å². The molecule has 0 radical (unpaired) electrons. The first-order chi connectivity index (χ1) is 15.0. The second-order valence-corrected chi connectivity index (χ2v) is 7.46. The van der Waals surface area contributed by atoms with Crippen molar-refractivity contribution in [2.45, 2.75) is 0 Å². The fourth-order valence-electron chi connectivity index (χ4n) is 3.06. The Labute approximate surface area is 187 Å². The third kappa shape index (κ3) is 4.32. The van der Waals surface area contributed by atoms with Crippen LogP contribution in [0.5, 0.6) is 23.0 Å². The van der Waals surface area contributed by atoms with Crippen molar-refractivity contribution >= 4 is 33.8 Å². The van der Waals surface area contributed by atoms with Crippen molar-refractivity contribution in [2.24, 2.45) is 0 Å². The summed E-state index contributed by atoms with van der Waals surface area (Å²) in [6.07, 6.45) is 1.67. The number of carbonyl (C=O) groups is 2. The maximum atomic E-state index is 12.7. The number of methoxy groups -OCH3 is 2. The third-order valence-corrected chi connectivity index (χ3v) is 5.35. The molecule has 1 aliphatic rings. The summed E-state index contributed by atoms with van der Waals surface area (Å²) in [5.41, 5.74) is 1.49. The van der Waals surface area contributed by atoms with Crippen LogP contribution in [-0.4, -0.2) is 26.0 Å². The molecule has 0 aliphatic carbocycles. The van der Waals surface area contributed by atoms with Crippen LogP contribution in [0.1, 0.15) is 26.3 Å². The highest BCUT2D eigenvalue weighted by atomic mass is 79.9. The van der Waals surface area contributed by atoms with Crippen LogP contribution in [0.15, 0.2) is 70.9 Å². The van der Waals surface area contributed by atoms with Crippen molar-refractivity contribution in [3.63, 3.8) is 0 Å². The van der Waals surface area contributed by atoms with Crippen molar-refractivity contribution in [1.82, 2.24) is 0 Å². The van der Waals surface area contributed by atoms with E-state index in [4.69, 9.17) is 18.9 Å². The number of ketones is 1. The van der Waals surface area contributed by atoms with Gasteiger partial charge in [-0.05, 0) is 42.0 Å². The lowest BCUT2D eigenvalue weighted by Gasteiger charge is -2.09. The minimum atomic E-state index is -0.592. The summed E-state index contributed by atoms with van der Waals surface area (Å²) in [6, 6.07) is 16.9. The number of benzene rings is 3. The van der Waals surface area contributed by atoms with Gasteiger partial charge in [0.05, 0.1) is 25.3 Å². The molecule has 0 amide bonds. The zero-order chi connectivity index (χ0) is 22.0. The van der Waals surface area contributed by atoms with E-state index in [-0.39, 0.29) is 22.9 Å². The number of hydrogen-bond acceptors (Lipinski definition) is 6. The summed E-state index contributed by atoms with van der Waals surface area (Å²) in [5, 5.41) is 0. The molecule has 7 heteroatoms. The van der Waals surface area contributed by atoms with E-state index in [2.05, 4.69) is 15.9 Å². The van der Waals surface area contributed by atoms with Gasteiger partial charge < -0.3 is 18.9 Å². The van der Waals surface area contributed by atoms with Crippen LogP contribution in [0.25, 0.3) is 6.08 Å². The van der Waals surface area contributed by atoms with E-state index in [1.165, 1.54) is 20.3 Å². The van der Waals surface area contributed by atoms with Gasteiger partial charge in [0.15, 0.2) is 5.76 Å². The van der Waals surface area contributed by atoms with Crippen LogP contribution < -0.4 is 18.9 Å². The summed E-state index contributed by atoms with van der Waals surface area (Å²) in [5.74, 6) is 0.888. The summed E-state index contributed by atoms with van der Waals surface area (Å²) in [7, 11) is 3.00. The average molecular weight is 481 g/mol. The Morgan fingerprint density at radius 2 is 1.65 bits per heavy atom. The van der Waals surface area contributed by atoms with Gasteiger partial charge in [0.2, 0.25) is 5.78 Å².